The summed E-state index contributed by atoms with van der Waals surface area (Å²) in [7, 11) is 1.80. The minimum atomic E-state index is 0.364. The molecule has 2 rings (SSSR count). The van der Waals surface area contributed by atoms with Crippen LogP contribution in [-0.4, -0.2) is 43.5 Å². The summed E-state index contributed by atoms with van der Waals surface area (Å²) in [4.78, 5) is 14.0. The third kappa shape index (κ3) is 3.05. The summed E-state index contributed by atoms with van der Waals surface area (Å²) in [5.41, 5.74) is 0. The molecule has 2 aliphatic rings. The van der Waals surface area contributed by atoms with Crippen molar-refractivity contribution in [2.45, 2.75) is 44.6 Å². The predicted octanol–water partition coefficient (Wildman–Crippen LogP) is 1.86. The molecule has 16 heavy (non-hydrogen) atoms. The molecule has 3 nitrogen and oxygen atoms in total. The summed E-state index contributed by atoms with van der Waals surface area (Å²) in [5.74, 6) is 0.864. The SMILES string of the molecule is COC1CCCN(CCC2CCCC2=O)C1. The summed E-state index contributed by atoms with van der Waals surface area (Å²) < 4.78 is 5.41. The smallest absolute Gasteiger partial charge is 0.136 e. The quantitative estimate of drug-likeness (QED) is 0.731. The molecule has 1 saturated carbocycles. The number of piperidine rings is 1. The topological polar surface area (TPSA) is 29.5 Å². The molecular formula is C13H23NO2. The van der Waals surface area contributed by atoms with E-state index in [-0.39, 0.29) is 0 Å². The first-order valence-electron chi connectivity index (χ1n) is 6.57. The highest BCUT2D eigenvalue weighted by molar-refractivity contribution is 5.82. The molecular weight excluding hydrogens is 202 g/mol. The number of rotatable bonds is 4. The molecule has 2 atom stereocenters. The van der Waals surface area contributed by atoms with E-state index in [0.29, 0.717) is 17.8 Å². The van der Waals surface area contributed by atoms with Gasteiger partial charge in [-0.1, -0.05) is 0 Å². The van der Waals surface area contributed by atoms with Crippen molar-refractivity contribution < 1.29 is 9.53 Å². The highest BCUT2D eigenvalue weighted by atomic mass is 16.5. The Labute approximate surface area is 98.1 Å². The molecule has 1 aliphatic heterocycles. The first-order valence-corrected chi connectivity index (χ1v) is 6.57. The van der Waals surface area contributed by atoms with Crippen LogP contribution in [0.15, 0.2) is 0 Å². The first kappa shape index (κ1) is 12.1. The van der Waals surface area contributed by atoms with Crippen LogP contribution in [0.2, 0.25) is 0 Å². The van der Waals surface area contributed by atoms with Crippen molar-refractivity contribution in [3.05, 3.63) is 0 Å². The molecule has 0 amide bonds. The summed E-state index contributed by atoms with van der Waals surface area (Å²) in [6.07, 6.45) is 6.96. The van der Waals surface area contributed by atoms with Crippen LogP contribution in [0.25, 0.3) is 0 Å². The van der Waals surface area contributed by atoms with Crippen molar-refractivity contribution in [3.8, 4) is 0 Å². The Kier molecular flexibility index (Phi) is 4.36. The first-order chi connectivity index (χ1) is 7.79. The molecule has 1 aliphatic carbocycles. The van der Waals surface area contributed by atoms with Crippen LogP contribution < -0.4 is 0 Å². The average molecular weight is 225 g/mol. The molecule has 1 heterocycles. The Morgan fingerprint density at radius 2 is 2.25 bits per heavy atom. The fraction of sp³-hybridized carbons (Fsp3) is 0.923. The minimum Gasteiger partial charge on any atom is -0.380 e. The number of nitrogens with zero attached hydrogens (tertiary/aromatic N) is 1. The zero-order valence-electron chi connectivity index (χ0n) is 10.3. The van der Waals surface area contributed by atoms with Gasteiger partial charge in [0.15, 0.2) is 0 Å². The summed E-state index contributed by atoms with van der Waals surface area (Å²) in [6, 6.07) is 0. The van der Waals surface area contributed by atoms with E-state index in [1.54, 1.807) is 7.11 Å². The number of hydrogen-bond donors (Lipinski definition) is 0. The van der Waals surface area contributed by atoms with E-state index in [2.05, 4.69) is 4.90 Å². The van der Waals surface area contributed by atoms with Gasteiger partial charge in [-0.25, -0.2) is 0 Å². The van der Waals surface area contributed by atoms with Gasteiger partial charge in [0.2, 0.25) is 0 Å². The molecule has 0 aromatic carbocycles. The zero-order chi connectivity index (χ0) is 11.4. The monoisotopic (exact) mass is 225 g/mol. The Hall–Kier alpha value is -0.410. The molecule has 0 N–H and O–H groups in total. The van der Waals surface area contributed by atoms with E-state index in [1.807, 2.05) is 0 Å². The molecule has 0 aromatic heterocycles. The van der Waals surface area contributed by atoms with Gasteiger partial charge in [0.1, 0.15) is 5.78 Å². The van der Waals surface area contributed by atoms with Crippen LogP contribution in [-0.2, 0) is 9.53 Å². The maximum absolute atomic E-state index is 11.5. The third-order valence-electron chi connectivity index (χ3n) is 4.02. The average Bonchev–Trinajstić information content (AvgIpc) is 2.72. The molecule has 0 aromatic rings. The molecule has 2 fully saturated rings. The predicted molar refractivity (Wildman–Crippen MR) is 63.4 cm³/mol. The van der Waals surface area contributed by atoms with Gasteiger partial charge in [-0.15, -0.1) is 0 Å². The Bertz CT molecular complexity index is 242. The van der Waals surface area contributed by atoms with E-state index < -0.39 is 0 Å². The van der Waals surface area contributed by atoms with E-state index in [4.69, 9.17) is 4.74 Å². The summed E-state index contributed by atoms with van der Waals surface area (Å²) in [5, 5.41) is 0. The van der Waals surface area contributed by atoms with Crippen molar-refractivity contribution in [2.75, 3.05) is 26.7 Å². The number of methoxy groups -OCH3 is 1. The highest BCUT2D eigenvalue weighted by Crippen LogP contribution is 2.25. The van der Waals surface area contributed by atoms with Crippen LogP contribution in [0, 0.1) is 5.92 Å². The minimum absolute atomic E-state index is 0.364. The zero-order valence-corrected chi connectivity index (χ0v) is 10.3. The lowest BCUT2D eigenvalue weighted by atomic mass is 10.0. The van der Waals surface area contributed by atoms with Gasteiger partial charge < -0.3 is 9.64 Å². The summed E-state index contributed by atoms with van der Waals surface area (Å²) in [6.45, 7) is 3.31. The van der Waals surface area contributed by atoms with Crippen molar-refractivity contribution in [3.63, 3.8) is 0 Å². The molecule has 92 valence electrons. The highest BCUT2D eigenvalue weighted by Gasteiger charge is 2.26. The Morgan fingerprint density at radius 3 is 2.94 bits per heavy atom. The number of ether oxygens (including phenoxy) is 1. The van der Waals surface area contributed by atoms with Crippen molar-refractivity contribution in [2.24, 2.45) is 5.92 Å². The van der Waals surface area contributed by atoms with Crippen LogP contribution >= 0.6 is 0 Å². The normalized spacial score (nSPS) is 32.2. The van der Waals surface area contributed by atoms with Crippen molar-refractivity contribution >= 4 is 5.78 Å². The molecule has 3 heteroatoms. The van der Waals surface area contributed by atoms with Gasteiger partial charge in [-0.3, -0.25) is 4.79 Å². The van der Waals surface area contributed by atoms with Gasteiger partial charge in [0.25, 0.3) is 0 Å². The molecule has 0 bridgehead atoms. The van der Waals surface area contributed by atoms with Crippen LogP contribution in [0.4, 0.5) is 0 Å². The molecule has 0 radical (unpaired) electrons. The maximum atomic E-state index is 11.5. The van der Waals surface area contributed by atoms with Crippen molar-refractivity contribution in [1.82, 2.24) is 4.90 Å². The maximum Gasteiger partial charge on any atom is 0.136 e. The van der Waals surface area contributed by atoms with Gasteiger partial charge in [0, 0.05) is 26.0 Å². The molecule has 2 unspecified atom stereocenters. The second-order valence-corrected chi connectivity index (χ2v) is 5.14. The second kappa shape index (κ2) is 5.78. The van der Waals surface area contributed by atoms with Gasteiger partial charge in [-0.05, 0) is 45.2 Å². The number of carbonyl (C=O) groups excluding carboxylic acids is 1. The van der Waals surface area contributed by atoms with Gasteiger partial charge >= 0.3 is 0 Å². The largest absolute Gasteiger partial charge is 0.380 e. The summed E-state index contributed by atoms with van der Waals surface area (Å²) >= 11 is 0. The lowest BCUT2D eigenvalue weighted by molar-refractivity contribution is -0.120. The number of Topliss-reactive ketones (excluding diaryl/α,β-unsaturated/α-hetero) is 1. The van der Waals surface area contributed by atoms with E-state index in [9.17, 15) is 4.79 Å². The van der Waals surface area contributed by atoms with Crippen molar-refractivity contribution in [1.29, 1.82) is 0 Å². The lowest BCUT2D eigenvalue weighted by Gasteiger charge is -2.32. The van der Waals surface area contributed by atoms with E-state index in [0.717, 1.165) is 38.8 Å². The van der Waals surface area contributed by atoms with Crippen LogP contribution in [0.1, 0.15) is 38.5 Å². The molecule has 0 spiro atoms. The van der Waals surface area contributed by atoms with E-state index in [1.165, 1.54) is 19.4 Å². The Morgan fingerprint density at radius 1 is 1.38 bits per heavy atom. The lowest BCUT2D eigenvalue weighted by Crippen LogP contribution is -2.40. The van der Waals surface area contributed by atoms with Crippen LogP contribution in [0.5, 0.6) is 0 Å². The Balaban J connectivity index is 1.70. The number of carbonyl (C=O) groups is 1. The standard InChI is InChI=1S/C13H23NO2/c1-16-12-5-3-8-14(10-12)9-7-11-4-2-6-13(11)15/h11-12H,2-10H2,1H3. The van der Waals surface area contributed by atoms with Gasteiger partial charge in [0.05, 0.1) is 6.10 Å². The third-order valence-corrected chi connectivity index (χ3v) is 4.02. The second-order valence-electron chi connectivity index (χ2n) is 5.14. The fourth-order valence-electron chi connectivity index (χ4n) is 2.94. The van der Waals surface area contributed by atoms with E-state index >= 15 is 0 Å². The fourth-order valence-corrected chi connectivity index (χ4v) is 2.94. The number of likely N-dealkylation sites (tertiary alicyclic amines) is 1. The van der Waals surface area contributed by atoms with Gasteiger partial charge in [-0.2, -0.15) is 0 Å². The number of ketones is 1. The number of hydrogen-bond acceptors (Lipinski definition) is 3. The van der Waals surface area contributed by atoms with Crippen LogP contribution in [0.3, 0.4) is 0 Å². The molecule has 1 saturated heterocycles.